The molecule has 1 atom stereocenters. The van der Waals surface area contributed by atoms with E-state index < -0.39 is 22.0 Å². The number of hydrogen-bond acceptors (Lipinski definition) is 5. The first-order chi connectivity index (χ1) is 16.2. The van der Waals surface area contributed by atoms with Gasteiger partial charge in [0.05, 0.1) is 26.9 Å². The molecular formula is C23H22Cl2N4O4S. The van der Waals surface area contributed by atoms with Gasteiger partial charge < -0.3 is 10.2 Å². The Kier molecular flexibility index (Phi) is 7.14. The summed E-state index contributed by atoms with van der Waals surface area (Å²) in [6, 6.07) is 12.3. The second-order valence-corrected chi connectivity index (χ2v) is 11.1. The molecule has 2 fully saturated rings. The van der Waals surface area contributed by atoms with Gasteiger partial charge in [-0.3, -0.25) is 9.59 Å². The lowest BCUT2D eigenvalue weighted by Crippen LogP contribution is -2.49. The number of benzene rings is 2. The van der Waals surface area contributed by atoms with E-state index in [-0.39, 0.29) is 41.9 Å². The van der Waals surface area contributed by atoms with E-state index in [1.807, 2.05) is 6.07 Å². The summed E-state index contributed by atoms with van der Waals surface area (Å²) < 4.78 is 26.9. The molecule has 2 saturated heterocycles. The molecule has 2 heterocycles. The maximum atomic E-state index is 13.2. The van der Waals surface area contributed by atoms with Crippen molar-refractivity contribution in [3.05, 3.63) is 63.6 Å². The fraction of sp³-hybridized carbons (Fsp3) is 0.348. The number of halogens is 2. The van der Waals surface area contributed by atoms with Crippen molar-refractivity contribution in [3.8, 4) is 6.07 Å². The summed E-state index contributed by atoms with van der Waals surface area (Å²) >= 11 is 11.9. The Bertz CT molecular complexity index is 1270. The molecule has 2 aromatic carbocycles. The standard InChI is InChI=1S/C23H22Cl2N4O4S/c24-19-7-6-15(9-20(19)25)12-27-22(30)21-5-2-8-29(21)23(31)17-3-1-4-18(10-17)34(32,33)28-13-16(11-26)14-28/h1,3-4,6-7,9-10,16,21H,2,5,8,12-14H2,(H,27,30)/t21-/m1/s1. The van der Waals surface area contributed by atoms with E-state index in [0.717, 1.165) is 5.56 Å². The van der Waals surface area contributed by atoms with Gasteiger partial charge in [-0.2, -0.15) is 9.57 Å². The average Bonchev–Trinajstić information content (AvgIpc) is 3.28. The summed E-state index contributed by atoms with van der Waals surface area (Å²) in [7, 11) is -3.79. The molecule has 8 nitrogen and oxygen atoms in total. The van der Waals surface area contributed by atoms with Crippen molar-refractivity contribution in [2.45, 2.75) is 30.3 Å². The number of amides is 2. The number of likely N-dealkylation sites (tertiary alicyclic amines) is 1. The molecule has 11 heteroatoms. The van der Waals surface area contributed by atoms with Crippen molar-refractivity contribution in [3.63, 3.8) is 0 Å². The van der Waals surface area contributed by atoms with E-state index >= 15 is 0 Å². The number of carbonyl (C=O) groups is 2. The molecule has 34 heavy (non-hydrogen) atoms. The topological polar surface area (TPSA) is 111 Å². The third-order valence-electron chi connectivity index (χ3n) is 6.02. The fourth-order valence-corrected chi connectivity index (χ4v) is 5.96. The van der Waals surface area contributed by atoms with Crippen LogP contribution in [0, 0.1) is 17.2 Å². The minimum Gasteiger partial charge on any atom is -0.350 e. The van der Waals surface area contributed by atoms with Gasteiger partial charge in [0.2, 0.25) is 15.9 Å². The van der Waals surface area contributed by atoms with E-state index in [9.17, 15) is 18.0 Å². The van der Waals surface area contributed by atoms with Gasteiger partial charge in [0.15, 0.2) is 0 Å². The van der Waals surface area contributed by atoms with Crippen LogP contribution in [0.4, 0.5) is 0 Å². The third kappa shape index (κ3) is 4.91. The van der Waals surface area contributed by atoms with E-state index in [2.05, 4.69) is 5.32 Å². The Hall–Kier alpha value is -2.64. The van der Waals surface area contributed by atoms with Gasteiger partial charge in [-0.1, -0.05) is 35.3 Å². The zero-order chi connectivity index (χ0) is 24.5. The van der Waals surface area contributed by atoms with E-state index in [0.29, 0.717) is 29.4 Å². The third-order valence-corrected chi connectivity index (χ3v) is 8.58. The monoisotopic (exact) mass is 520 g/mol. The number of rotatable bonds is 6. The molecule has 178 valence electrons. The van der Waals surface area contributed by atoms with E-state index in [1.165, 1.54) is 27.4 Å². The highest BCUT2D eigenvalue weighted by Gasteiger charge is 2.38. The van der Waals surface area contributed by atoms with Crippen LogP contribution in [0.1, 0.15) is 28.8 Å². The van der Waals surface area contributed by atoms with Crippen LogP contribution in [0.3, 0.4) is 0 Å². The summed E-state index contributed by atoms with van der Waals surface area (Å²) in [5, 5.41) is 12.6. The van der Waals surface area contributed by atoms with Crippen molar-refractivity contribution in [2.24, 2.45) is 5.92 Å². The second kappa shape index (κ2) is 9.92. The number of carbonyl (C=O) groups excluding carboxylic acids is 2. The molecule has 2 amide bonds. The highest BCUT2D eigenvalue weighted by molar-refractivity contribution is 7.89. The lowest BCUT2D eigenvalue weighted by molar-refractivity contribution is -0.125. The fourth-order valence-electron chi connectivity index (χ4n) is 4.06. The SMILES string of the molecule is N#CC1CN(S(=O)(=O)c2cccc(C(=O)N3CCC[C@@H]3C(=O)NCc3ccc(Cl)c(Cl)c3)c2)C1. The predicted octanol–water partition coefficient (Wildman–Crippen LogP) is 3.06. The Morgan fingerprint density at radius 2 is 1.88 bits per heavy atom. The van der Waals surface area contributed by atoms with Gasteiger partial charge in [0.1, 0.15) is 6.04 Å². The maximum absolute atomic E-state index is 13.2. The van der Waals surface area contributed by atoms with Crippen LogP contribution in [0.2, 0.25) is 10.0 Å². The quantitative estimate of drug-likeness (QED) is 0.629. The predicted molar refractivity (Wildman–Crippen MR) is 127 cm³/mol. The second-order valence-electron chi connectivity index (χ2n) is 8.30. The Balaban J connectivity index is 1.45. The van der Waals surface area contributed by atoms with Crippen LogP contribution >= 0.6 is 23.2 Å². The van der Waals surface area contributed by atoms with Gasteiger partial charge in [-0.15, -0.1) is 0 Å². The van der Waals surface area contributed by atoms with Crippen LogP contribution in [0.5, 0.6) is 0 Å². The number of nitrogens with zero attached hydrogens (tertiary/aromatic N) is 3. The molecule has 0 bridgehead atoms. The smallest absolute Gasteiger partial charge is 0.254 e. The van der Waals surface area contributed by atoms with Crippen molar-refractivity contribution < 1.29 is 18.0 Å². The summed E-state index contributed by atoms with van der Waals surface area (Å²) in [5.74, 6) is -1.00. The van der Waals surface area contributed by atoms with Crippen LogP contribution in [0.15, 0.2) is 47.4 Å². The maximum Gasteiger partial charge on any atom is 0.254 e. The summed E-state index contributed by atoms with van der Waals surface area (Å²) in [4.78, 5) is 27.5. The van der Waals surface area contributed by atoms with Crippen LogP contribution in [0.25, 0.3) is 0 Å². The van der Waals surface area contributed by atoms with Crippen molar-refractivity contribution in [2.75, 3.05) is 19.6 Å². The number of sulfonamides is 1. The minimum atomic E-state index is -3.79. The molecule has 0 aromatic heterocycles. The molecule has 0 radical (unpaired) electrons. The molecule has 4 rings (SSSR count). The average molecular weight is 521 g/mol. The van der Waals surface area contributed by atoms with Crippen LogP contribution in [-0.4, -0.2) is 55.1 Å². The van der Waals surface area contributed by atoms with E-state index in [4.69, 9.17) is 28.5 Å². The van der Waals surface area contributed by atoms with Gasteiger partial charge in [-0.05, 0) is 48.7 Å². The number of hydrogen-bond donors (Lipinski definition) is 1. The molecule has 2 aliphatic rings. The normalized spacial score (nSPS) is 18.9. The molecule has 2 aromatic rings. The van der Waals surface area contributed by atoms with Crippen molar-refractivity contribution in [1.82, 2.24) is 14.5 Å². The zero-order valence-electron chi connectivity index (χ0n) is 18.1. The summed E-state index contributed by atoms with van der Waals surface area (Å²) in [5.41, 5.74) is 0.976. The molecule has 0 saturated carbocycles. The Morgan fingerprint density at radius 1 is 1.12 bits per heavy atom. The zero-order valence-corrected chi connectivity index (χ0v) is 20.4. The van der Waals surface area contributed by atoms with Crippen molar-refractivity contribution >= 4 is 45.0 Å². The minimum absolute atomic E-state index is 0.00504. The number of nitriles is 1. The molecule has 0 unspecified atom stereocenters. The van der Waals surface area contributed by atoms with E-state index in [1.54, 1.807) is 24.3 Å². The first kappa shape index (κ1) is 24.5. The Labute approximate surface area is 208 Å². The van der Waals surface area contributed by atoms with Crippen molar-refractivity contribution in [1.29, 1.82) is 5.26 Å². The van der Waals surface area contributed by atoms with Gasteiger partial charge in [0, 0.05) is 31.7 Å². The largest absolute Gasteiger partial charge is 0.350 e. The van der Waals surface area contributed by atoms with Crippen LogP contribution < -0.4 is 5.32 Å². The highest BCUT2D eigenvalue weighted by Crippen LogP contribution is 2.27. The van der Waals surface area contributed by atoms with Crippen LogP contribution in [-0.2, 0) is 21.4 Å². The first-order valence-electron chi connectivity index (χ1n) is 10.7. The van der Waals surface area contributed by atoms with Gasteiger partial charge in [0.25, 0.3) is 5.91 Å². The molecule has 1 N–H and O–H groups in total. The molecule has 2 aliphatic heterocycles. The number of nitrogens with one attached hydrogen (secondary N) is 1. The molecular weight excluding hydrogens is 499 g/mol. The molecule has 0 aliphatic carbocycles. The highest BCUT2D eigenvalue weighted by atomic mass is 35.5. The molecule has 0 spiro atoms. The lowest BCUT2D eigenvalue weighted by atomic mass is 10.1. The lowest BCUT2D eigenvalue weighted by Gasteiger charge is -2.34. The Morgan fingerprint density at radius 3 is 2.59 bits per heavy atom. The first-order valence-corrected chi connectivity index (χ1v) is 12.9. The summed E-state index contributed by atoms with van der Waals surface area (Å²) in [6.07, 6.45) is 1.18. The van der Waals surface area contributed by atoms with Gasteiger partial charge in [-0.25, -0.2) is 8.42 Å². The van der Waals surface area contributed by atoms with Gasteiger partial charge >= 0.3 is 0 Å². The summed E-state index contributed by atoms with van der Waals surface area (Å²) in [6.45, 7) is 0.923.